The van der Waals surface area contributed by atoms with Gasteiger partial charge in [0.15, 0.2) is 0 Å². The molecule has 2 atom stereocenters. The quantitative estimate of drug-likeness (QED) is 0.403. The van der Waals surface area contributed by atoms with Crippen molar-refractivity contribution in [2.75, 3.05) is 18.0 Å². The Labute approximate surface area is 207 Å². The van der Waals surface area contributed by atoms with E-state index in [9.17, 15) is 14.4 Å². The molecule has 4 aromatic rings. The molecule has 5 rings (SSSR count). The smallest absolute Gasteiger partial charge is 0.424 e. The number of quaternary nitrogens is 1. The first kappa shape index (κ1) is 23.3. The zero-order valence-electron chi connectivity index (χ0n) is 19.5. The highest BCUT2D eigenvalue weighted by Crippen LogP contribution is 2.31. The van der Waals surface area contributed by atoms with Crippen LogP contribution in [-0.2, 0) is 4.79 Å². The number of urea groups is 1. The van der Waals surface area contributed by atoms with Gasteiger partial charge in [-0.2, -0.15) is 0 Å². The number of ether oxygens (including phenoxy) is 1. The molecule has 1 fully saturated rings. The number of carbonyl (C=O) groups excluding carboxylic acids is 3. The predicted molar refractivity (Wildman–Crippen MR) is 134 cm³/mol. The van der Waals surface area contributed by atoms with Crippen molar-refractivity contribution in [1.82, 2.24) is 9.97 Å². The van der Waals surface area contributed by atoms with Crippen LogP contribution in [0.2, 0.25) is 0 Å². The topological polar surface area (TPSA) is 118 Å². The zero-order valence-corrected chi connectivity index (χ0v) is 19.5. The van der Waals surface area contributed by atoms with Gasteiger partial charge in [-0.25, -0.2) is 14.6 Å². The first-order chi connectivity index (χ1) is 17.5. The molecular formula is C27H26N5O4+. The van der Waals surface area contributed by atoms with Crippen molar-refractivity contribution in [1.29, 1.82) is 0 Å². The van der Waals surface area contributed by atoms with Gasteiger partial charge in [-0.05, 0) is 41.8 Å². The van der Waals surface area contributed by atoms with Gasteiger partial charge < -0.3 is 15.5 Å². The van der Waals surface area contributed by atoms with Gasteiger partial charge in [-0.3, -0.25) is 9.69 Å². The van der Waals surface area contributed by atoms with Crippen molar-refractivity contribution in [2.24, 2.45) is 5.73 Å². The molecule has 9 heteroatoms. The van der Waals surface area contributed by atoms with Gasteiger partial charge in [-0.15, -0.1) is 4.48 Å². The van der Waals surface area contributed by atoms with E-state index in [1.54, 1.807) is 67.0 Å². The van der Waals surface area contributed by atoms with Crippen LogP contribution in [0.4, 0.5) is 10.5 Å². The zero-order chi connectivity index (χ0) is 25.1. The Morgan fingerprint density at radius 3 is 2.61 bits per heavy atom. The molecule has 9 nitrogen and oxygen atoms in total. The van der Waals surface area contributed by atoms with Crippen LogP contribution in [0, 0.1) is 0 Å². The van der Waals surface area contributed by atoms with Crippen LogP contribution in [-0.4, -0.2) is 51.6 Å². The molecule has 0 aliphatic carbocycles. The highest BCUT2D eigenvalue weighted by Gasteiger charge is 2.55. The number of imide groups is 1. The summed E-state index contributed by atoms with van der Waals surface area (Å²) < 4.78 is 5.27. The van der Waals surface area contributed by atoms with Crippen molar-refractivity contribution in [3.63, 3.8) is 0 Å². The Hall–Kier alpha value is -4.50. The van der Waals surface area contributed by atoms with Gasteiger partial charge in [0.25, 0.3) is 12.1 Å². The number of rotatable bonds is 6. The average molecular weight is 485 g/mol. The molecule has 2 aromatic carbocycles. The van der Waals surface area contributed by atoms with Crippen molar-refractivity contribution in [2.45, 2.75) is 19.1 Å². The fourth-order valence-corrected chi connectivity index (χ4v) is 4.73. The minimum absolute atomic E-state index is 0.191. The molecule has 4 amide bonds. The Balaban J connectivity index is 1.48. The Morgan fingerprint density at radius 2 is 1.86 bits per heavy atom. The third-order valence-corrected chi connectivity index (χ3v) is 6.59. The molecule has 3 N–H and O–H groups in total. The molecule has 1 saturated heterocycles. The number of aromatic nitrogens is 2. The third-order valence-electron chi connectivity index (χ3n) is 6.59. The van der Waals surface area contributed by atoms with Gasteiger partial charge in [0, 0.05) is 48.1 Å². The van der Waals surface area contributed by atoms with E-state index < -0.39 is 22.6 Å². The molecule has 0 radical (unpaired) electrons. The molecule has 182 valence electrons. The van der Waals surface area contributed by atoms with Crippen LogP contribution >= 0.6 is 0 Å². The number of anilines is 1. The number of amides is 4. The van der Waals surface area contributed by atoms with E-state index >= 15 is 0 Å². The van der Waals surface area contributed by atoms with Crippen LogP contribution in [0.1, 0.15) is 23.2 Å². The third kappa shape index (κ3) is 4.20. The van der Waals surface area contributed by atoms with E-state index in [0.29, 0.717) is 30.0 Å². The summed E-state index contributed by atoms with van der Waals surface area (Å²) >= 11 is 0. The number of pyridine rings is 1. The number of nitrogens with zero attached hydrogens (tertiary/aromatic N) is 3. The maximum absolute atomic E-state index is 13.9. The molecule has 1 aliphatic rings. The second-order valence-electron chi connectivity index (χ2n) is 8.71. The fourth-order valence-electron chi connectivity index (χ4n) is 4.73. The number of nitrogens with one attached hydrogen (secondary N) is 1. The summed E-state index contributed by atoms with van der Waals surface area (Å²) in [5.41, 5.74) is 7.59. The molecule has 1 unspecified atom stereocenters. The summed E-state index contributed by atoms with van der Waals surface area (Å²) in [7, 11) is 0. The summed E-state index contributed by atoms with van der Waals surface area (Å²) in [5.74, 6) is -0.578. The van der Waals surface area contributed by atoms with Crippen LogP contribution in [0.25, 0.3) is 10.9 Å². The standard InChI is InChI=1S/C27H25N5O4/c28-27(35)32(16-6-10-25(32)36-23-9-4-5-14-30-23)24(33)18-31(21-7-2-1-3-8-21)26(34)20-12-11-19-13-15-29-22(19)17-20/h1-5,7-9,11-15,17,25H,6,10,16,18H2,(H2-,28,29,34,35)/p+1/t25?,32-/m1/s1. The maximum atomic E-state index is 13.9. The van der Waals surface area contributed by atoms with Crippen molar-refractivity contribution >= 4 is 34.4 Å². The predicted octanol–water partition coefficient (Wildman–Crippen LogP) is 3.83. The largest absolute Gasteiger partial charge is 0.424 e. The van der Waals surface area contributed by atoms with E-state index in [4.69, 9.17) is 10.5 Å². The second-order valence-corrected chi connectivity index (χ2v) is 8.71. The normalized spacial score (nSPS) is 19.2. The number of hydrogen-bond donors (Lipinski definition) is 2. The minimum atomic E-state index is -0.826. The van der Waals surface area contributed by atoms with E-state index in [1.807, 2.05) is 18.2 Å². The Morgan fingerprint density at radius 1 is 1.06 bits per heavy atom. The number of para-hydroxylation sites is 1. The molecular weight excluding hydrogens is 458 g/mol. The number of primary amides is 1. The number of aromatic amines is 1. The van der Waals surface area contributed by atoms with Gasteiger partial charge in [-0.1, -0.05) is 30.3 Å². The highest BCUT2D eigenvalue weighted by atomic mass is 16.5. The molecule has 0 saturated carbocycles. The van der Waals surface area contributed by atoms with E-state index in [0.717, 1.165) is 10.9 Å². The van der Waals surface area contributed by atoms with Crippen LogP contribution < -0.4 is 15.4 Å². The highest BCUT2D eigenvalue weighted by molar-refractivity contribution is 6.10. The average Bonchev–Trinajstić information content (AvgIpc) is 3.55. The number of carbonyl (C=O) groups is 3. The molecule has 3 heterocycles. The maximum Gasteiger partial charge on any atom is 0.424 e. The number of nitrogens with two attached hydrogens (primary N) is 1. The minimum Gasteiger partial charge on any atom is -0.424 e. The van der Waals surface area contributed by atoms with Crippen LogP contribution in [0.3, 0.4) is 0 Å². The van der Waals surface area contributed by atoms with Crippen molar-refractivity contribution in [3.8, 4) is 5.88 Å². The fraction of sp³-hybridized carbons (Fsp3) is 0.185. The number of benzene rings is 2. The monoisotopic (exact) mass is 484 g/mol. The summed E-state index contributed by atoms with van der Waals surface area (Å²) in [6, 6.07) is 20.5. The number of hydrogen-bond acceptors (Lipinski definition) is 5. The van der Waals surface area contributed by atoms with Gasteiger partial charge in [0.1, 0.15) is 6.54 Å². The van der Waals surface area contributed by atoms with Gasteiger partial charge in [0.2, 0.25) is 5.88 Å². The van der Waals surface area contributed by atoms with E-state index in [-0.39, 0.29) is 19.0 Å². The molecule has 2 aromatic heterocycles. The second kappa shape index (κ2) is 9.63. The summed E-state index contributed by atoms with van der Waals surface area (Å²) in [6.07, 6.45) is 3.56. The SMILES string of the molecule is NC(=O)[N@@+]1(C(=O)CN(C(=O)c2ccc3cc[nH]c3c2)c2ccccc2)CCCC1Oc1ccccn1. The van der Waals surface area contributed by atoms with Crippen LogP contribution in [0.15, 0.2) is 85.2 Å². The first-order valence-electron chi connectivity index (χ1n) is 11.7. The van der Waals surface area contributed by atoms with Crippen molar-refractivity contribution in [3.05, 3.63) is 90.8 Å². The van der Waals surface area contributed by atoms with Gasteiger partial charge >= 0.3 is 11.9 Å². The summed E-state index contributed by atoms with van der Waals surface area (Å²) in [4.78, 5) is 49.0. The molecule has 1 aliphatic heterocycles. The lowest BCUT2D eigenvalue weighted by atomic mass is 10.1. The van der Waals surface area contributed by atoms with Crippen LogP contribution in [0.5, 0.6) is 5.88 Å². The first-order valence-corrected chi connectivity index (χ1v) is 11.7. The number of H-pyrrole nitrogens is 1. The van der Waals surface area contributed by atoms with E-state index in [2.05, 4.69) is 9.97 Å². The lowest BCUT2D eigenvalue weighted by molar-refractivity contribution is -0.807. The molecule has 0 spiro atoms. The lowest BCUT2D eigenvalue weighted by Gasteiger charge is -2.34. The van der Waals surface area contributed by atoms with Crippen molar-refractivity contribution < 1.29 is 23.6 Å². The Bertz CT molecular complexity index is 1410. The summed E-state index contributed by atoms with van der Waals surface area (Å²) in [5, 5.41) is 0.971. The summed E-state index contributed by atoms with van der Waals surface area (Å²) in [6.45, 7) is -0.159. The number of likely N-dealkylation sites (tertiary alicyclic amines) is 1. The molecule has 36 heavy (non-hydrogen) atoms. The van der Waals surface area contributed by atoms with Gasteiger partial charge in [0.05, 0.1) is 6.54 Å². The Kier molecular flexibility index (Phi) is 6.22. The van der Waals surface area contributed by atoms with E-state index in [1.165, 1.54) is 4.90 Å². The molecule has 0 bridgehead atoms. The lowest BCUT2D eigenvalue weighted by Crippen LogP contribution is -2.66. The number of fused-ring (bicyclic) bond motifs is 1.